The molecule has 0 aliphatic carbocycles. The van der Waals surface area contributed by atoms with E-state index >= 15 is 0 Å². The first-order valence-corrected chi connectivity index (χ1v) is 4.57. The smallest absolute Gasteiger partial charge is 0.119 e. The van der Waals surface area contributed by atoms with Crippen molar-refractivity contribution >= 4 is 0 Å². The van der Waals surface area contributed by atoms with E-state index in [1.165, 1.54) is 5.56 Å². The predicted molar refractivity (Wildman–Crippen MR) is 57.3 cm³/mol. The molecule has 1 rings (SSSR count). The molecule has 0 saturated carbocycles. The van der Waals surface area contributed by atoms with Gasteiger partial charge in [-0.25, -0.2) is 0 Å². The Morgan fingerprint density at radius 3 is 2.79 bits per heavy atom. The lowest BCUT2D eigenvalue weighted by atomic mass is 10.0. The Morgan fingerprint density at radius 2 is 2.14 bits per heavy atom. The van der Waals surface area contributed by atoms with Crippen molar-refractivity contribution in [2.45, 2.75) is 6.42 Å². The highest BCUT2D eigenvalue weighted by Crippen LogP contribution is 2.17. The van der Waals surface area contributed by atoms with Crippen LogP contribution < -0.4 is 4.74 Å². The summed E-state index contributed by atoms with van der Waals surface area (Å²) in [6.07, 6.45) is 2.94. The molecular weight excluding hydrogens is 176 g/mol. The molecule has 0 saturated heterocycles. The summed E-state index contributed by atoms with van der Waals surface area (Å²) in [4.78, 5) is 0. The highest BCUT2D eigenvalue weighted by Gasteiger charge is 2.00. The van der Waals surface area contributed by atoms with Crippen LogP contribution >= 0.6 is 0 Å². The zero-order valence-corrected chi connectivity index (χ0v) is 8.75. The van der Waals surface area contributed by atoms with Gasteiger partial charge in [-0.1, -0.05) is 6.07 Å². The van der Waals surface area contributed by atoms with Crippen LogP contribution in [0, 0.1) is 13.3 Å². The van der Waals surface area contributed by atoms with Gasteiger partial charge >= 0.3 is 0 Å². The average molecular weight is 192 g/mol. The minimum Gasteiger partial charge on any atom is -0.497 e. The minimum atomic E-state index is 0.663. The highest BCUT2D eigenvalue weighted by atomic mass is 16.5. The quantitative estimate of drug-likeness (QED) is 0.666. The van der Waals surface area contributed by atoms with E-state index in [1.54, 1.807) is 14.2 Å². The van der Waals surface area contributed by atoms with Crippen LogP contribution in [0.5, 0.6) is 5.75 Å². The summed E-state index contributed by atoms with van der Waals surface area (Å²) in [7, 11) is 3.36. The van der Waals surface area contributed by atoms with Crippen molar-refractivity contribution in [3.8, 4) is 5.75 Å². The number of methoxy groups -OCH3 is 2. The average Bonchev–Trinajstić information content (AvgIpc) is 2.21. The van der Waals surface area contributed by atoms with Crippen molar-refractivity contribution in [3.63, 3.8) is 0 Å². The van der Waals surface area contributed by atoms with Gasteiger partial charge in [0, 0.05) is 13.7 Å². The van der Waals surface area contributed by atoms with Crippen LogP contribution in [0.15, 0.2) is 18.2 Å². The number of ether oxygens (including phenoxy) is 2. The Kier molecular flexibility index (Phi) is 4.47. The molecule has 0 unspecified atom stereocenters. The van der Waals surface area contributed by atoms with Gasteiger partial charge < -0.3 is 9.47 Å². The normalized spacial score (nSPS) is 10.2. The molecule has 0 fully saturated rings. The highest BCUT2D eigenvalue weighted by molar-refractivity contribution is 5.37. The van der Waals surface area contributed by atoms with Crippen LogP contribution in [0.2, 0.25) is 0 Å². The van der Waals surface area contributed by atoms with Gasteiger partial charge in [-0.15, -0.1) is 0 Å². The molecule has 2 nitrogen and oxygen atoms in total. The predicted octanol–water partition coefficient (Wildman–Crippen LogP) is 2.27. The number of rotatable bonds is 5. The monoisotopic (exact) mass is 192 g/mol. The molecule has 14 heavy (non-hydrogen) atoms. The number of hydrogen-bond donors (Lipinski definition) is 0. The standard InChI is InChI=1S/C12H16O2/c1-10-6-7-12(14-3)9-11(10)5-4-8-13-2/h4,6-7,9H,1,5,8H2,2-3H3. The van der Waals surface area contributed by atoms with Crippen LogP contribution in [0.4, 0.5) is 0 Å². The van der Waals surface area contributed by atoms with Gasteiger partial charge in [0.1, 0.15) is 5.75 Å². The Labute approximate surface area is 85.8 Å². The first kappa shape index (κ1) is 11.1. The molecular formula is C12H16O2. The largest absolute Gasteiger partial charge is 0.497 e. The van der Waals surface area contributed by atoms with E-state index in [1.807, 2.05) is 18.2 Å². The maximum Gasteiger partial charge on any atom is 0.119 e. The van der Waals surface area contributed by atoms with Crippen molar-refractivity contribution in [2.75, 3.05) is 20.8 Å². The second-order valence-electron chi connectivity index (χ2n) is 3.08. The third-order valence-corrected chi connectivity index (χ3v) is 2.06. The Morgan fingerprint density at radius 1 is 1.36 bits per heavy atom. The van der Waals surface area contributed by atoms with Crippen molar-refractivity contribution in [2.24, 2.45) is 0 Å². The molecule has 0 bridgehead atoms. The molecule has 0 N–H and O–H groups in total. The first-order chi connectivity index (χ1) is 6.77. The SMILES string of the molecule is [CH2]c1ccc(OC)cc1C[CH]COC. The molecule has 0 aromatic heterocycles. The summed E-state index contributed by atoms with van der Waals surface area (Å²) in [6, 6.07) is 5.89. The summed E-state index contributed by atoms with van der Waals surface area (Å²) < 4.78 is 10.1. The van der Waals surface area contributed by atoms with E-state index in [-0.39, 0.29) is 0 Å². The second-order valence-corrected chi connectivity index (χ2v) is 3.08. The summed E-state index contributed by atoms with van der Waals surface area (Å²) >= 11 is 0. The third-order valence-electron chi connectivity index (χ3n) is 2.06. The molecule has 1 aromatic carbocycles. The fourth-order valence-electron chi connectivity index (χ4n) is 1.25. The van der Waals surface area contributed by atoms with E-state index in [4.69, 9.17) is 9.47 Å². The molecule has 1 aromatic rings. The van der Waals surface area contributed by atoms with Gasteiger partial charge in [0.25, 0.3) is 0 Å². The van der Waals surface area contributed by atoms with Gasteiger partial charge in [0.2, 0.25) is 0 Å². The van der Waals surface area contributed by atoms with Crippen LogP contribution in [-0.2, 0) is 11.2 Å². The number of benzene rings is 1. The van der Waals surface area contributed by atoms with Gasteiger partial charge in [-0.2, -0.15) is 0 Å². The second kappa shape index (κ2) is 5.66. The van der Waals surface area contributed by atoms with Gasteiger partial charge in [-0.05, 0) is 43.0 Å². The topological polar surface area (TPSA) is 18.5 Å². The van der Waals surface area contributed by atoms with Crippen LogP contribution in [0.1, 0.15) is 11.1 Å². The van der Waals surface area contributed by atoms with Crippen LogP contribution in [0.25, 0.3) is 0 Å². The van der Waals surface area contributed by atoms with Crippen molar-refractivity contribution in [1.82, 2.24) is 0 Å². The van der Waals surface area contributed by atoms with Crippen LogP contribution in [-0.4, -0.2) is 20.8 Å². The summed E-state index contributed by atoms with van der Waals surface area (Å²) in [5.74, 6) is 0.873. The maximum absolute atomic E-state index is 5.14. The summed E-state index contributed by atoms with van der Waals surface area (Å²) in [5.41, 5.74) is 2.22. The molecule has 76 valence electrons. The molecule has 2 heteroatoms. The molecule has 0 amide bonds. The molecule has 0 aliphatic rings. The molecule has 0 aliphatic heterocycles. The van der Waals surface area contributed by atoms with Gasteiger partial charge in [0.15, 0.2) is 0 Å². The minimum absolute atomic E-state index is 0.663. The Hall–Kier alpha value is -1.02. The van der Waals surface area contributed by atoms with Crippen molar-refractivity contribution in [3.05, 3.63) is 42.7 Å². The zero-order chi connectivity index (χ0) is 10.4. The Bertz CT molecular complexity index is 282. The summed E-state index contributed by atoms with van der Waals surface area (Å²) in [6.45, 7) is 4.62. The molecule has 2 radical (unpaired) electrons. The zero-order valence-electron chi connectivity index (χ0n) is 8.75. The first-order valence-electron chi connectivity index (χ1n) is 4.57. The lowest BCUT2D eigenvalue weighted by molar-refractivity contribution is 0.221. The lowest BCUT2D eigenvalue weighted by Gasteiger charge is -2.07. The van der Waals surface area contributed by atoms with E-state index in [2.05, 4.69) is 13.3 Å². The number of hydrogen-bond acceptors (Lipinski definition) is 2. The molecule has 0 atom stereocenters. The van der Waals surface area contributed by atoms with E-state index in [9.17, 15) is 0 Å². The van der Waals surface area contributed by atoms with Gasteiger partial charge in [0.05, 0.1) is 7.11 Å². The maximum atomic E-state index is 5.14. The lowest BCUT2D eigenvalue weighted by Crippen LogP contribution is -1.96. The van der Waals surface area contributed by atoms with E-state index in [0.29, 0.717) is 6.61 Å². The summed E-state index contributed by atoms with van der Waals surface area (Å²) in [5, 5.41) is 0. The fourth-order valence-corrected chi connectivity index (χ4v) is 1.25. The van der Waals surface area contributed by atoms with E-state index in [0.717, 1.165) is 17.7 Å². The van der Waals surface area contributed by atoms with Gasteiger partial charge in [-0.3, -0.25) is 0 Å². The Balaban J connectivity index is 2.64. The van der Waals surface area contributed by atoms with E-state index < -0.39 is 0 Å². The van der Waals surface area contributed by atoms with Crippen LogP contribution in [0.3, 0.4) is 0 Å². The molecule has 0 spiro atoms. The molecule has 0 heterocycles. The van der Waals surface area contributed by atoms with Crippen molar-refractivity contribution < 1.29 is 9.47 Å². The third kappa shape index (κ3) is 3.04. The van der Waals surface area contributed by atoms with Crippen molar-refractivity contribution in [1.29, 1.82) is 0 Å². The fraction of sp³-hybridized carbons (Fsp3) is 0.333.